The molecule has 2 aromatic carbocycles. The van der Waals surface area contributed by atoms with Crippen molar-refractivity contribution < 1.29 is 4.39 Å². The second-order valence-corrected chi connectivity index (χ2v) is 7.13. The van der Waals surface area contributed by atoms with Gasteiger partial charge in [-0.1, -0.05) is 35.5 Å². The lowest BCUT2D eigenvalue weighted by Gasteiger charge is -2.16. The lowest BCUT2D eigenvalue weighted by Crippen LogP contribution is -2.22. The topological polar surface area (TPSA) is 61.0 Å². The molecule has 0 amide bonds. The molecule has 1 aliphatic heterocycles. The summed E-state index contributed by atoms with van der Waals surface area (Å²) in [5, 5.41) is 4.27. The molecule has 132 valence electrons. The Hall–Kier alpha value is -2.51. The fourth-order valence-corrected chi connectivity index (χ4v) is 3.67. The van der Waals surface area contributed by atoms with Crippen LogP contribution in [0, 0.1) is 5.82 Å². The van der Waals surface area contributed by atoms with Crippen LogP contribution in [-0.4, -0.2) is 16.6 Å². The van der Waals surface area contributed by atoms with Gasteiger partial charge in [0.15, 0.2) is 16.7 Å². The van der Waals surface area contributed by atoms with E-state index in [0.29, 0.717) is 34.1 Å². The number of nitrogens with zero attached hydrogens (tertiary/aromatic N) is 2. The zero-order valence-corrected chi connectivity index (χ0v) is 15.1. The number of rotatable bonds is 4. The van der Waals surface area contributed by atoms with Gasteiger partial charge in [-0.15, -0.1) is 0 Å². The molecule has 0 bridgehead atoms. The lowest BCUT2D eigenvalue weighted by atomic mass is 10.2. The Morgan fingerprint density at radius 2 is 2.04 bits per heavy atom. The SMILES string of the molecule is O=c1[nH]c(SCc2cccc(F)c2)nc2c1N(c1ccc(Cl)cc1)CN2. The number of hydrogen-bond donors (Lipinski definition) is 2. The first-order valence-electron chi connectivity index (χ1n) is 7.89. The number of hydrogen-bond acceptors (Lipinski definition) is 5. The van der Waals surface area contributed by atoms with Crippen LogP contribution in [0.15, 0.2) is 58.5 Å². The highest BCUT2D eigenvalue weighted by molar-refractivity contribution is 7.98. The maximum absolute atomic E-state index is 13.3. The van der Waals surface area contributed by atoms with E-state index in [1.54, 1.807) is 18.2 Å². The molecule has 0 saturated carbocycles. The van der Waals surface area contributed by atoms with Crippen molar-refractivity contribution in [3.63, 3.8) is 0 Å². The number of anilines is 3. The predicted octanol–water partition coefficient (Wildman–Crippen LogP) is 4.38. The fraction of sp³-hybridized carbons (Fsp3) is 0.111. The number of halogens is 2. The van der Waals surface area contributed by atoms with Crippen molar-refractivity contribution in [3.05, 3.63) is 75.3 Å². The van der Waals surface area contributed by atoms with Crippen molar-refractivity contribution in [3.8, 4) is 0 Å². The van der Waals surface area contributed by atoms with Gasteiger partial charge < -0.3 is 10.2 Å². The third kappa shape index (κ3) is 3.40. The van der Waals surface area contributed by atoms with Crippen LogP contribution in [-0.2, 0) is 5.75 Å². The summed E-state index contributed by atoms with van der Waals surface area (Å²) < 4.78 is 13.3. The quantitative estimate of drug-likeness (QED) is 0.513. The van der Waals surface area contributed by atoms with E-state index in [-0.39, 0.29) is 11.4 Å². The number of aromatic amines is 1. The van der Waals surface area contributed by atoms with Crippen LogP contribution >= 0.6 is 23.4 Å². The molecule has 0 spiro atoms. The molecule has 1 aliphatic rings. The number of nitrogens with one attached hydrogen (secondary N) is 2. The average Bonchev–Trinajstić information content (AvgIpc) is 3.05. The Morgan fingerprint density at radius 1 is 1.23 bits per heavy atom. The van der Waals surface area contributed by atoms with Gasteiger partial charge in [-0.25, -0.2) is 9.37 Å². The molecule has 0 fully saturated rings. The standard InChI is InChI=1S/C18H14ClFN4OS/c19-12-4-6-14(7-5-12)24-10-21-16-15(24)17(25)23-18(22-16)26-9-11-2-1-3-13(20)8-11/h1-8H,9-10H2,(H2,21,22,23,25). The van der Waals surface area contributed by atoms with Gasteiger partial charge in [0.2, 0.25) is 0 Å². The Kier molecular flexibility index (Phi) is 4.57. The van der Waals surface area contributed by atoms with Crippen molar-refractivity contribution in [1.29, 1.82) is 0 Å². The van der Waals surface area contributed by atoms with Crippen LogP contribution in [0.1, 0.15) is 5.56 Å². The predicted molar refractivity (Wildman–Crippen MR) is 103 cm³/mol. The van der Waals surface area contributed by atoms with E-state index >= 15 is 0 Å². The lowest BCUT2D eigenvalue weighted by molar-refractivity contribution is 0.626. The third-order valence-electron chi connectivity index (χ3n) is 3.95. The minimum Gasteiger partial charge on any atom is -0.350 e. The Labute approximate surface area is 158 Å². The first-order chi connectivity index (χ1) is 12.6. The highest BCUT2D eigenvalue weighted by Crippen LogP contribution is 2.34. The molecule has 2 N–H and O–H groups in total. The van der Waals surface area contributed by atoms with Crippen molar-refractivity contribution >= 4 is 40.6 Å². The van der Waals surface area contributed by atoms with Crippen LogP contribution in [0.3, 0.4) is 0 Å². The Balaban J connectivity index is 1.57. The molecule has 8 heteroatoms. The number of H-pyrrole nitrogens is 1. The van der Waals surface area contributed by atoms with Crippen LogP contribution in [0.2, 0.25) is 5.02 Å². The molecule has 0 radical (unpaired) electrons. The minimum atomic E-state index is -0.279. The smallest absolute Gasteiger partial charge is 0.277 e. The van der Waals surface area contributed by atoms with E-state index in [2.05, 4.69) is 15.3 Å². The summed E-state index contributed by atoms with van der Waals surface area (Å²) in [6.07, 6.45) is 0. The van der Waals surface area contributed by atoms with Gasteiger partial charge in [0.25, 0.3) is 5.56 Å². The second-order valence-electron chi connectivity index (χ2n) is 5.73. The fourth-order valence-electron chi connectivity index (χ4n) is 2.74. The molecular formula is C18H14ClFN4OS. The van der Waals surface area contributed by atoms with Gasteiger partial charge in [-0.3, -0.25) is 9.78 Å². The molecule has 3 aromatic rings. The molecule has 0 saturated heterocycles. The molecule has 4 rings (SSSR count). The molecule has 5 nitrogen and oxygen atoms in total. The summed E-state index contributed by atoms with van der Waals surface area (Å²) >= 11 is 7.28. The maximum Gasteiger partial charge on any atom is 0.277 e. The zero-order valence-electron chi connectivity index (χ0n) is 13.5. The van der Waals surface area contributed by atoms with E-state index < -0.39 is 0 Å². The van der Waals surface area contributed by atoms with Gasteiger partial charge in [0.05, 0.1) is 6.67 Å². The van der Waals surface area contributed by atoms with Crippen molar-refractivity contribution in [2.24, 2.45) is 0 Å². The number of benzene rings is 2. The molecule has 1 aromatic heterocycles. The van der Waals surface area contributed by atoms with Gasteiger partial charge in [-0.2, -0.15) is 0 Å². The first kappa shape index (κ1) is 16.9. The summed E-state index contributed by atoms with van der Waals surface area (Å²) in [5.41, 5.74) is 1.93. The summed E-state index contributed by atoms with van der Waals surface area (Å²) in [4.78, 5) is 21.7. The van der Waals surface area contributed by atoms with Gasteiger partial charge in [0, 0.05) is 16.5 Å². The van der Waals surface area contributed by atoms with E-state index in [1.165, 1.54) is 23.9 Å². The third-order valence-corrected chi connectivity index (χ3v) is 5.15. The van der Waals surface area contributed by atoms with E-state index in [0.717, 1.165) is 11.3 Å². The van der Waals surface area contributed by atoms with Crippen LogP contribution in [0.4, 0.5) is 21.6 Å². The monoisotopic (exact) mass is 388 g/mol. The molecule has 2 heterocycles. The van der Waals surface area contributed by atoms with Crippen molar-refractivity contribution in [2.45, 2.75) is 10.9 Å². The largest absolute Gasteiger partial charge is 0.350 e. The van der Waals surface area contributed by atoms with Crippen LogP contribution in [0.5, 0.6) is 0 Å². The van der Waals surface area contributed by atoms with Crippen molar-refractivity contribution in [2.75, 3.05) is 16.9 Å². The summed E-state index contributed by atoms with van der Waals surface area (Å²) in [6.45, 7) is 0.449. The summed E-state index contributed by atoms with van der Waals surface area (Å²) in [7, 11) is 0. The summed E-state index contributed by atoms with van der Waals surface area (Å²) in [5.74, 6) is 0.768. The van der Waals surface area contributed by atoms with Crippen LogP contribution < -0.4 is 15.8 Å². The maximum atomic E-state index is 13.3. The van der Waals surface area contributed by atoms with Gasteiger partial charge in [-0.05, 0) is 42.0 Å². The normalized spacial score (nSPS) is 12.8. The average molecular weight is 389 g/mol. The van der Waals surface area contributed by atoms with E-state index in [1.807, 2.05) is 23.1 Å². The first-order valence-corrected chi connectivity index (χ1v) is 9.25. The minimum absolute atomic E-state index is 0.225. The number of aromatic nitrogens is 2. The Bertz CT molecular complexity index is 1010. The van der Waals surface area contributed by atoms with Crippen molar-refractivity contribution in [1.82, 2.24) is 9.97 Å². The Morgan fingerprint density at radius 3 is 2.81 bits per heavy atom. The molecule has 26 heavy (non-hydrogen) atoms. The van der Waals surface area contributed by atoms with E-state index in [4.69, 9.17) is 11.6 Å². The van der Waals surface area contributed by atoms with E-state index in [9.17, 15) is 9.18 Å². The highest BCUT2D eigenvalue weighted by Gasteiger charge is 2.25. The summed E-state index contributed by atoms with van der Waals surface area (Å²) in [6, 6.07) is 13.6. The molecular weight excluding hydrogens is 375 g/mol. The van der Waals surface area contributed by atoms with Gasteiger partial charge in [0.1, 0.15) is 5.82 Å². The molecule has 0 unspecified atom stereocenters. The molecule has 0 atom stereocenters. The number of thioether (sulfide) groups is 1. The molecule has 0 aliphatic carbocycles. The highest BCUT2D eigenvalue weighted by atomic mass is 35.5. The zero-order chi connectivity index (χ0) is 18.1. The van der Waals surface area contributed by atoms with Gasteiger partial charge >= 0.3 is 0 Å². The van der Waals surface area contributed by atoms with Crippen LogP contribution in [0.25, 0.3) is 0 Å². The second kappa shape index (κ2) is 7.01. The number of fused-ring (bicyclic) bond motifs is 1.